The number of aromatic nitrogens is 4. The van der Waals surface area contributed by atoms with Crippen LogP contribution in [0.3, 0.4) is 0 Å². The molecule has 3 atom stereocenters. The van der Waals surface area contributed by atoms with Crippen molar-refractivity contribution in [2.75, 3.05) is 12.3 Å². The van der Waals surface area contributed by atoms with Gasteiger partial charge in [0.2, 0.25) is 11.8 Å². The maximum atomic E-state index is 13.2. The van der Waals surface area contributed by atoms with Crippen LogP contribution in [0.25, 0.3) is 11.0 Å². The largest absolute Gasteiger partial charge is 0.354 e. The van der Waals surface area contributed by atoms with Crippen LogP contribution in [-0.4, -0.2) is 65.6 Å². The van der Waals surface area contributed by atoms with Crippen molar-refractivity contribution in [2.45, 2.75) is 57.3 Å². The molecule has 1 saturated carbocycles. The lowest BCUT2D eigenvalue weighted by Crippen LogP contribution is -2.51. The highest BCUT2D eigenvalue weighted by Gasteiger charge is 2.45. The Morgan fingerprint density at radius 1 is 1.16 bits per heavy atom. The Hall–Kier alpha value is -3.54. The Morgan fingerprint density at radius 2 is 1.97 bits per heavy atom. The van der Waals surface area contributed by atoms with E-state index in [0.717, 1.165) is 36.4 Å². The van der Waals surface area contributed by atoms with E-state index >= 15 is 0 Å². The summed E-state index contributed by atoms with van der Waals surface area (Å²) in [4.78, 5) is 49.8. The molecule has 12 heteroatoms. The molecule has 1 aliphatic carbocycles. The number of hydrogen-bond acceptors (Lipinski definition) is 7. The first-order chi connectivity index (χ1) is 18.5. The number of fused-ring (bicyclic) bond motifs is 3. The molecular weight excluding hydrogens is 509 g/mol. The molecule has 0 bridgehead atoms. The summed E-state index contributed by atoms with van der Waals surface area (Å²) in [6, 6.07) is 5.89. The van der Waals surface area contributed by atoms with E-state index in [1.807, 2.05) is 0 Å². The minimum absolute atomic E-state index is 0.0439. The van der Waals surface area contributed by atoms with Gasteiger partial charge in [0.15, 0.2) is 10.8 Å². The van der Waals surface area contributed by atoms with E-state index in [2.05, 4.69) is 15.4 Å². The van der Waals surface area contributed by atoms with Gasteiger partial charge in [0.05, 0.1) is 37.3 Å². The number of aliphatic imine (C=N–C) groups is 1. The Bertz CT molecular complexity index is 1470. The molecule has 2 amide bonds. The number of nitrogens with zero attached hydrogens (tertiary/aromatic N) is 6. The second-order valence-corrected chi connectivity index (χ2v) is 11.0. The zero-order chi connectivity index (χ0) is 26.2. The molecule has 3 unspecified atom stereocenters. The number of rotatable bonds is 7. The zero-order valence-corrected chi connectivity index (χ0v) is 21.6. The maximum Gasteiger partial charge on any atom is 0.264 e. The summed E-state index contributed by atoms with van der Waals surface area (Å²) in [7, 11) is 0. The molecule has 4 heterocycles. The quantitative estimate of drug-likeness (QED) is 0.494. The van der Waals surface area contributed by atoms with Gasteiger partial charge in [-0.15, -0.1) is 0 Å². The predicted octanol–water partition coefficient (Wildman–Crippen LogP) is 2.16. The van der Waals surface area contributed by atoms with Gasteiger partial charge in [0, 0.05) is 18.7 Å². The SMILES string of the molecule is O=C(CC1CSC2=NC3CCCCC3C(=O)N21)NCCn1ncc2c(=O)n(Cc3ccc(F)cc3)cnc21. The second kappa shape index (κ2) is 10.3. The van der Waals surface area contributed by atoms with E-state index in [-0.39, 0.29) is 54.2 Å². The Labute approximate surface area is 222 Å². The van der Waals surface area contributed by atoms with Crippen molar-refractivity contribution in [1.29, 1.82) is 0 Å². The van der Waals surface area contributed by atoms with Crippen molar-refractivity contribution >= 4 is 39.8 Å². The van der Waals surface area contributed by atoms with Gasteiger partial charge >= 0.3 is 0 Å². The van der Waals surface area contributed by atoms with Crippen LogP contribution in [0.2, 0.25) is 0 Å². The standard InChI is InChI=1S/C26H28FN7O3S/c27-17-7-5-16(6-8-17)13-32-15-29-23-20(24(32)36)12-30-33(23)10-9-28-22(35)11-18-14-38-26-31-21-4-2-1-3-19(21)25(37)34(18)26/h5-8,12,15,18-19,21H,1-4,9-11,13-14H2,(H,28,35). The molecule has 1 N–H and O–H groups in total. The summed E-state index contributed by atoms with van der Waals surface area (Å²) in [5.41, 5.74) is 0.986. The van der Waals surface area contributed by atoms with Crippen LogP contribution in [0, 0.1) is 11.7 Å². The molecule has 3 aromatic rings. The van der Waals surface area contributed by atoms with Gasteiger partial charge in [-0.05, 0) is 30.5 Å². The molecule has 198 valence electrons. The Morgan fingerprint density at radius 3 is 2.82 bits per heavy atom. The van der Waals surface area contributed by atoms with Crippen LogP contribution in [0.5, 0.6) is 0 Å². The topological polar surface area (TPSA) is 114 Å². The fourth-order valence-electron chi connectivity index (χ4n) is 5.52. The minimum Gasteiger partial charge on any atom is -0.354 e. The lowest BCUT2D eigenvalue weighted by atomic mass is 9.83. The van der Waals surface area contributed by atoms with E-state index in [0.29, 0.717) is 29.9 Å². The molecule has 0 radical (unpaired) electrons. The van der Waals surface area contributed by atoms with Crippen molar-refractivity contribution in [3.05, 3.63) is 58.5 Å². The fraction of sp³-hybridized carbons (Fsp3) is 0.462. The van der Waals surface area contributed by atoms with Crippen LogP contribution in [0.1, 0.15) is 37.7 Å². The highest BCUT2D eigenvalue weighted by Crippen LogP contribution is 2.38. The van der Waals surface area contributed by atoms with Gasteiger partial charge in [-0.1, -0.05) is 36.7 Å². The molecule has 2 aliphatic heterocycles. The van der Waals surface area contributed by atoms with Gasteiger partial charge < -0.3 is 5.32 Å². The number of halogens is 1. The number of amides is 2. The average Bonchev–Trinajstić information content (AvgIpc) is 3.52. The number of amidine groups is 1. The number of carbonyl (C=O) groups excluding carboxylic acids is 2. The zero-order valence-electron chi connectivity index (χ0n) is 20.8. The van der Waals surface area contributed by atoms with Gasteiger partial charge in [0.1, 0.15) is 17.5 Å². The molecule has 0 spiro atoms. The third-order valence-corrected chi connectivity index (χ3v) is 8.60. The lowest BCUT2D eigenvalue weighted by molar-refractivity contribution is -0.135. The third kappa shape index (κ3) is 4.72. The summed E-state index contributed by atoms with van der Waals surface area (Å²) in [5, 5.41) is 8.35. The molecular formula is C26H28FN7O3S. The molecule has 2 aromatic heterocycles. The average molecular weight is 538 g/mol. The number of carbonyl (C=O) groups is 2. The third-order valence-electron chi connectivity index (χ3n) is 7.49. The van der Waals surface area contributed by atoms with Crippen molar-refractivity contribution in [3.63, 3.8) is 0 Å². The van der Waals surface area contributed by atoms with Crippen LogP contribution < -0.4 is 10.9 Å². The summed E-state index contributed by atoms with van der Waals surface area (Å²) >= 11 is 1.57. The van der Waals surface area contributed by atoms with E-state index in [4.69, 9.17) is 4.99 Å². The monoisotopic (exact) mass is 537 g/mol. The normalized spacial score (nSPS) is 22.8. The summed E-state index contributed by atoms with van der Waals surface area (Å²) in [6.45, 7) is 0.938. The number of benzene rings is 1. The van der Waals surface area contributed by atoms with Crippen molar-refractivity contribution in [3.8, 4) is 0 Å². The highest BCUT2D eigenvalue weighted by atomic mass is 32.2. The Kier molecular flexibility index (Phi) is 6.73. The lowest BCUT2D eigenvalue weighted by Gasteiger charge is -2.37. The van der Waals surface area contributed by atoms with E-state index in [1.54, 1.807) is 33.5 Å². The van der Waals surface area contributed by atoms with E-state index in [1.165, 1.54) is 29.2 Å². The smallest absolute Gasteiger partial charge is 0.264 e. The number of hydrogen-bond donors (Lipinski definition) is 1. The summed E-state index contributed by atoms with van der Waals surface area (Å²) < 4.78 is 16.2. The molecule has 10 nitrogen and oxygen atoms in total. The predicted molar refractivity (Wildman–Crippen MR) is 141 cm³/mol. The highest BCUT2D eigenvalue weighted by molar-refractivity contribution is 8.14. The molecule has 38 heavy (non-hydrogen) atoms. The minimum atomic E-state index is -0.332. The molecule has 3 aliphatic rings. The first-order valence-corrected chi connectivity index (χ1v) is 13.9. The Balaban J connectivity index is 1.05. The van der Waals surface area contributed by atoms with E-state index in [9.17, 15) is 18.8 Å². The molecule has 6 rings (SSSR count). The van der Waals surface area contributed by atoms with Gasteiger partial charge in [-0.25, -0.2) is 14.1 Å². The summed E-state index contributed by atoms with van der Waals surface area (Å²) in [5.74, 6) is 0.289. The van der Waals surface area contributed by atoms with Crippen LogP contribution in [0.15, 0.2) is 46.6 Å². The fourth-order valence-corrected chi connectivity index (χ4v) is 6.71. The van der Waals surface area contributed by atoms with E-state index < -0.39 is 0 Å². The van der Waals surface area contributed by atoms with Crippen molar-refractivity contribution < 1.29 is 14.0 Å². The second-order valence-electron chi connectivity index (χ2n) is 10.0. The molecule has 1 aromatic carbocycles. The first kappa shape index (κ1) is 24.8. The number of thioether (sulfide) groups is 1. The summed E-state index contributed by atoms with van der Waals surface area (Å²) in [6.07, 6.45) is 7.18. The van der Waals surface area contributed by atoms with Gasteiger partial charge in [-0.3, -0.25) is 28.8 Å². The van der Waals surface area contributed by atoms with Crippen LogP contribution in [0.4, 0.5) is 4.39 Å². The van der Waals surface area contributed by atoms with Gasteiger partial charge in [-0.2, -0.15) is 5.10 Å². The maximum absolute atomic E-state index is 13.2. The van der Waals surface area contributed by atoms with Crippen LogP contribution >= 0.6 is 11.8 Å². The van der Waals surface area contributed by atoms with Gasteiger partial charge in [0.25, 0.3) is 5.56 Å². The van der Waals surface area contributed by atoms with Crippen molar-refractivity contribution in [1.82, 2.24) is 29.5 Å². The van der Waals surface area contributed by atoms with Crippen molar-refractivity contribution in [2.24, 2.45) is 10.9 Å². The van der Waals surface area contributed by atoms with Crippen LogP contribution in [-0.2, 0) is 22.7 Å². The number of nitrogens with one attached hydrogen (secondary N) is 1. The molecule has 2 fully saturated rings. The first-order valence-electron chi connectivity index (χ1n) is 12.9. The molecule has 1 saturated heterocycles.